The summed E-state index contributed by atoms with van der Waals surface area (Å²) in [5.74, 6) is 1.29. The first-order valence-electron chi connectivity index (χ1n) is 9.16. The third kappa shape index (κ3) is 15.7. The minimum atomic E-state index is 0.346. The Kier molecular flexibility index (Phi) is 14.8. The molecule has 1 nitrogen and oxygen atoms in total. The van der Waals surface area contributed by atoms with E-state index in [9.17, 15) is 4.79 Å². The first kappa shape index (κ1) is 19.7. The van der Waals surface area contributed by atoms with Crippen molar-refractivity contribution in [2.75, 3.05) is 0 Å². The monoisotopic (exact) mass is 282 g/mol. The van der Waals surface area contributed by atoms with Gasteiger partial charge in [0, 0.05) is 6.42 Å². The molecule has 0 aliphatic carbocycles. The highest BCUT2D eigenvalue weighted by atomic mass is 16.1. The number of ketones is 1. The Morgan fingerprint density at radius 1 is 0.750 bits per heavy atom. The van der Waals surface area contributed by atoms with Crippen LogP contribution in [-0.2, 0) is 4.79 Å². The molecule has 0 aromatic rings. The van der Waals surface area contributed by atoms with Gasteiger partial charge in [-0.1, -0.05) is 90.9 Å². The van der Waals surface area contributed by atoms with E-state index in [1.807, 2.05) is 0 Å². The fraction of sp³-hybridized carbons (Fsp3) is 0.947. The topological polar surface area (TPSA) is 17.1 Å². The summed E-state index contributed by atoms with van der Waals surface area (Å²) in [7, 11) is 0. The predicted molar refractivity (Wildman–Crippen MR) is 90.2 cm³/mol. The molecule has 1 unspecified atom stereocenters. The summed E-state index contributed by atoms with van der Waals surface area (Å²) in [5.41, 5.74) is 0. The molecular formula is C19H38O. The Hall–Kier alpha value is -0.330. The molecule has 0 rings (SSSR count). The zero-order valence-corrected chi connectivity index (χ0v) is 14.4. The molecule has 0 aliphatic heterocycles. The number of hydrogen-bond donors (Lipinski definition) is 0. The van der Waals surface area contributed by atoms with Crippen molar-refractivity contribution in [1.82, 2.24) is 0 Å². The Bertz CT molecular complexity index is 210. The lowest BCUT2D eigenvalue weighted by Crippen LogP contribution is -1.94. The van der Waals surface area contributed by atoms with E-state index in [4.69, 9.17) is 0 Å². The van der Waals surface area contributed by atoms with Crippen LogP contribution in [0.25, 0.3) is 0 Å². The van der Waals surface area contributed by atoms with Gasteiger partial charge in [0.1, 0.15) is 5.78 Å². The zero-order chi connectivity index (χ0) is 15.1. The highest BCUT2D eigenvalue weighted by Gasteiger charge is 2.01. The minimum absolute atomic E-state index is 0.346. The number of carbonyl (C=O) groups is 1. The van der Waals surface area contributed by atoms with E-state index >= 15 is 0 Å². The largest absolute Gasteiger partial charge is 0.300 e. The van der Waals surface area contributed by atoms with Gasteiger partial charge in [0.05, 0.1) is 0 Å². The van der Waals surface area contributed by atoms with Gasteiger partial charge in [-0.3, -0.25) is 0 Å². The van der Waals surface area contributed by atoms with Gasteiger partial charge in [0.15, 0.2) is 0 Å². The van der Waals surface area contributed by atoms with Crippen molar-refractivity contribution >= 4 is 5.78 Å². The summed E-state index contributed by atoms with van der Waals surface area (Å²) in [4.78, 5) is 10.8. The quantitative estimate of drug-likeness (QED) is 0.306. The van der Waals surface area contributed by atoms with E-state index in [1.54, 1.807) is 6.92 Å². The maximum Gasteiger partial charge on any atom is 0.129 e. The normalized spacial score (nSPS) is 12.6. The van der Waals surface area contributed by atoms with Crippen LogP contribution >= 0.6 is 0 Å². The second-order valence-electron chi connectivity index (χ2n) is 6.67. The van der Waals surface area contributed by atoms with Gasteiger partial charge in [-0.2, -0.15) is 0 Å². The van der Waals surface area contributed by atoms with Crippen LogP contribution in [0.4, 0.5) is 0 Å². The highest BCUT2D eigenvalue weighted by Crippen LogP contribution is 2.17. The number of hydrogen-bond acceptors (Lipinski definition) is 1. The van der Waals surface area contributed by atoms with E-state index in [0.29, 0.717) is 5.78 Å². The molecule has 0 spiro atoms. The second-order valence-corrected chi connectivity index (χ2v) is 6.67. The van der Waals surface area contributed by atoms with Crippen LogP contribution in [-0.4, -0.2) is 5.78 Å². The fourth-order valence-electron chi connectivity index (χ4n) is 2.80. The smallest absolute Gasteiger partial charge is 0.129 e. The Balaban J connectivity index is 3.07. The van der Waals surface area contributed by atoms with E-state index in [2.05, 4.69) is 13.8 Å². The Morgan fingerprint density at radius 3 is 1.70 bits per heavy atom. The van der Waals surface area contributed by atoms with Gasteiger partial charge in [-0.15, -0.1) is 0 Å². The second kappa shape index (κ2) is 15.1. The lowest BCUT2D eigenvalue weighted by atomic mass is 9.97. The highest BCUT2D eigenvalue weighted by molar-refractivity contribution is 5.75. The molecule has 0 heterocycles. The van der Waals surface area contributed by atoms with Crippen molar-refractivity contribution in [3.8, 4) is 0 Å². The van der Waals surface area contributed by atoms with Crippen molar-refractivity contribution in [1.29, 1.82) is 0 Å². The number of rotatable bonds is 15. The summed E-state index contributed by atoms with van der Waals surface area (Å²) in [6.07, 6.45) is 18.5. The first-order valence-corrected chi connectivity index (χ1v) is 9.16. The molecule has 0 fully saturated rings. The molecule has 20 heavy (non-hydrogen) atoms. The Morgan fingerprint density at radius 2 is 1.20 bits per heavy atom. The van der Waals surface area contributed by atoms with Crippen molar-refractivity contribution in [3.63, 3.8) is 0 Å². The summed E-state index contributed by atoms with van der Waals surface area (Å²) >= 11 is 0. The standard InChI is InChI=1S/C19H38O/c1-4-5-15-18(2)16-13-11-9-7-6-8-10-12-14-17-19(3)20/h18H,4-17H2,1-3H3. The van der Waals surface area contributed by atoms with Crippen LogP contribution in [0, 0.1) is 5.92 Å². The van der Waals surface area contributed by atoms with Crippen LogP contribution in [0.1, 0.15) is 111 Å². The lowest BCUT2D eigenvalue weighted by molar-refractivity contribution is -0.117. The SMILES string of the molecule is CCCCC(C)CCCCCCCCCCCC(C)=O. The molecular weight excluding hydrogens is 244 g/mol. The number of unbranched alkanes of at least 4 members (excludes halogenated alkanes) is 9. The third-order valence-corrected chi connectivity index (χ3v) is 4.28. The molecule has 1 heteroatoms. The van der Waals surface area contributed by atoms with Gasteiger partial charge in [0.2, 0.25) is 0 Å². The number of Topliss-reactive ketones (excluding diaryl/α,β-unsaturated/α-hetero) is 1. The van der Waals surface area contributed by atoms with Crippen LogP contribution in [0.3, 0.4) is 0 Å². The molecule has 1 atom stereocenters. The van der Waals surface area contributed by atoms with Gasteiger partial charge >= 0.3 is 0 Å². The van der Waals surface area contributed by atoms with E-state index in [-0.39, 0.29) is 0 Å². The van der Waals surface area contributed by atoms with E-state index in [1.165, 1.54) is 77.0 Å². The predicted octanol–water partition coefficient (Wildman–Crippen LogP) is 6.69. The van der Waals surface area contributed by atoms with Crippen LogP contribution in [0.2, 0.25) is 0 Å². The van der Waals surface area contributed by atoms with E-state index in [0.717, 1.165) is 18.8 Å². The van der Waals surface area contributed by atoms with Crippen molar-refractivity contribution in [3.05, 3.63) is 0 Å². The minimum Gasteiger partial charge on any atom is -0.300 e. The van der Waals surface area contributed by atoms with Gasteiger partial charge in [0.25, 0.3) is 0 Å². The van der Waals surface area contributed by atoms with E-state index < -0.39 is 0 Å². The molecule has 0 saturated carbocycles. The van der Waals surface area contributed by atoms with Crippen LogP contribution < -0.4 is 0 Å². The molecule has 120 valence electrons. The molecule has 0 saturated heterocycles. The van der Waals surface area contributed by atoms with Gasteiger partial charge in [-0.25, -0.2) is 0 Å². The molecule has 0 aliphatic rings. The number of carbonyl (C=O) groups excluding carboxylic acids is 1. The molecule has 0 aromatic carbocycles. The first-order chi connectivity index (χ1) is 9.66. The van der Waals surface area contributed by atoms with Crippen LogP contribution in [0.5, 0.6) is 0 Å². The Labute approximate surface area is 127 Å². The fourth-order valence-corrected chi connectivity index (χ4v) is 2.80. The van der Waals surface area contributed by atoms with Crippen molar-refractivity contribution < 1.29 is 4.79 Å². The average molecular weight is 283 g/mol. The van der Waals surface area contributed by atoms with Gasteiger partial charge in [-0.05, 0) is 19.3 Å². The molecule has 0 amide bonds. The summed E-state index contributed by atoms with van der Waals surface area (Å²) in [5, 5.41) is 0. The summed E-state index contributed by atoms with van der Waals surface area (Å²) < 4.78 is 0. The zero-order valence-electron chi connectivity index (χ0n) is 14.4. The molecule has 0 N–H and O–H groups in total. The summed E-state index contributed by atoms with van der Waals surface area (Å²) in [6.45, 7) is 6.40. The van der Waals surface area contributed by atoms with Crippen molar-refractivity contribution in [2.45, 2.75) is 111 Å². The van der Waals surface area contributed by atoms with Gasteiger partial charge < -0.3 is 4.79 Å². The summed E-state index contributed by atoms with van der Waals surface area (Å²) in [6, 6.07) is 0. The van der Waals surface area contributed by atoms with Crippen molar-refractivity contribution in [2.24, 2.45) is 5.92 Å². The average Bonchev–Trinajstić information content (AvgIpc) is 2.42. The maximum atomic E-state index is 10.8. The molecule has 0 aromatic heterocycles. The lowest BCUT2D eigenvalue weighted by Gasteiger charge is -2.10. The third-order valence-electron chi connectivity index (χ3n) is 4.28. The van der Waals surface area contributed by atoms with Crippen LogP contribution in [0.15, 0.2) is 0 Å². The maximum absolute atomic E-state index is 10.8. The molecule has 0 radical (unpaired) electrons. The molecule has 0 bridgehead atoms.